The van der Waals surface area contributed by atoms with E-state index < -0.39 is 0 Å². The number of pyridine rings is 1. The zero-order valence-electron chi connectivity index (χ0n) is 17.6. The molecular weight excluding hydrogens is 372 g/mol. The molecule has 4 nitrogen and oxygen atoms in total. The van der Waals surface area contributed by atoms with Gasteiger partial charge in [-0.3, -0.25) is 4.98 Å². The number of rotatable bonds is 6. The van der Waals surface area contributed by atoms with Crippen LogP contribution in [0.25, 0.3) is 10.9 Å². The first-order valence-corrected chi connectivity index (χ1v) is 10.2. The average Bonchev–Trinajstić information content (AvgIpc) is 3.16. The molecule has 0 spiro atoms. The molecule has 0 unspecified atom stereocenters. The van der Waals surface area contributed by atoms with Crippen LogP contribution in [0.5, 0.6) is 0 Å². The maximum absolute atomic E-state index is 12.3. The van der Waals surface area contributed by atoms with Gasteiger partial charge in [0.2, 0.25) is 0 Å². The van der Waals surface area contributed by atoms with Crippen LogP contribution in [0.15, 0.2) is 73.1 Å². The molecule has 0 saturated carbocycles. The van der Waals surface area contributed by atoms with Crippen molar-refractivity contribution < 1.29 is 9.53 Å². The fraction of sp³-hybridized carbons (Fsp3) is 0.231. The fourth-order valence-electron chi connectivity index (χ4n) is 3.72. The van der Waals surface area contributed by atoms with Gasteiger partial charge in [-0.15, -0.1) is 0 Å². The summed E-state index contributed by atoms with van der Waals surface area (Å²) in [6.07, 6.45) is 4.57. The summed E-state index contributed by atoms with van der Waals surface area (Å²) in [6.45, 7) is 5.02. The topological polar surface area (TPSA) is 44.1 Å². The summed E-state index contributed by atoms with van der Waals surface area (Å²) < 4.78 is 7.25. The molecule has 0 radical (unpaired) electrons. The second kappa shape index (κ2) is 8.54. The fourth-order valence-corrected chi connectivity index (χ4v) is 3.72. The maximum atomic E-state index is 12.3. The van der Waals surface area contributed by atoms with Crippen LogP contribution in [0.1, 0.15) is 52.5 Å². The molecule has 0 saturated heterocycles. The number of carbonyl (C=O) groups is 1. The van der Waals surface area contributed by atoms with Crippen LogP contribution in [0.4, 0.5) is 0 Å². The molecule has 0 aliphatic rings. The molecule has 0 fully saturated rings. The second-order valence-corrected chi connectivity index (χ2v) is 7.91. The third-order valence-corrected chi connectivity index (χ3v) is 5.47. The standard InChI is InChI=1S/C26H26N2O2/c1-18(2)22-15-23(26(29)30-3)24(27-16-22)14-20-9-10-25-21(13-20)11-12-28(25)17-19-7-5-4-6-8-19/h4-13,15-16,18H,14,17H2,1-3H3. The van der Waals surface area contributed by atoms with Gasteiger partial charge in [0.25, 0.3) is 0 Å². The van der Waals surface area contributed by atoms with E-state index in [0.717, 1.165) is 23.4 Å². The molecule has 0 bridgehead atoms. The second-order valence-electron chi connectivity index (χ2n) is 7.91. The van der Waals surface area contributed by atoms with Gasteiger partial charge in [0.05, 0.1) is 18.4 Å². The molecule has 4 rings (SSSR count). The van der Waals surface area contributed by atoms with E-state index in [2.05, 4.69) is 78.1 Å². The summed E-state index contributed by atoms with van der Waals surface area (Å²) in [5.41, 5.74) is 5.91. The molecule has 0 amide bonds. The smallest absolute Gasteiger partial charge is 0.339 e. The van der Waals surface area contributed by atoms with Crippen molar-refractivity contribution in [3.05, 3.63) is 101 Å². The lowest BCUT2D eigenvalue weighted by Gasteiger charge is -2.12. The number of hydrogen-bond acceptors (Lipinski definition) is 3. The SMILES string of the molecule is COC(=O)c1cc(C(C)C)cnc1Cc1ccc2c(ccn2Cc2ccccc2)c1. The zero-order chi connectivity index (χ0) is 21.1. The first-order chi connectivity index (χ1) is 14.5. The van der Waals surface area contributed by atoms with E-state index >= 15 is 0 Å². The summed E-state index contributed by atoms with van der Waals surface area (Å²) in [7, 11) is 1.41. The monoisotopic (exact) mass is 398 g/mol. The number of hydrogen-bond donors (Lipinski definition) is 0. The molecular formula is C26H26N2O2. The van der Waals surface area contributed by atoms with Gasteiger partial charge in [0.1, 0.15) is 0 Å². The lowest BCUT2D eigenvalue weighted by molar-refractivity contribution is 0.0599. The van der Waals surface area contributed by atoms with E-state index in [1.807, 2.05) is 18.3 Å². The Hall–Kier alpha value is -3.40. The average molecular weight is 399 g/mol. The first-order valence-electron chi connectivity index (χ1n) is 10.2. The van der Waals surface area contributed by atoms with Crippen molar-refractivity contribution in [1.29, 1.82) is 0 Å². The Morgan fingerprint density at radius 2 is 1.83 bits per heavy atom. The molecule has 0 aliphatic heterocycles. The Morgan fingerprint density at radius 3 is 2.57 bits per heavy atom. The van der Waals surface area contributed by atoms with Gasteiger partial charge in [-0.05, 0) is 52.3 Å². The number of nitrogens with zero attached hydrogens (tertiary/aromatic N) is 2. The van der Waals surface area contributed by atoms with Crippen LogP contribution in [-0.2, 0) is 17.7 Å². The van der Waals surface area contributed by atoms with Gasteiger partial charge in [0, 0.05) is 30.9 Å². The summed E-state index contributed by atoms with van der Waals surface area (Å²) in [5, 5.41) is 1.18. The molecule has 0 aliphatic carbocycles. The van der Waals surface area contributed by atoms with Crippen LogP contribution in [0, 0.1) is 0 Å². The lowest BCUT2D eigenvalue weighted by atomic mass is 9.99. The number of ether oxygens (including phenoxy) is 1. The van der Waals surface area contributed by atoms with Crippen molar-refractivity contribution in [1.82, 2.24) is 9.55 Å². The van der Waals surface area contributed by atoms with Crippen molar-refractivity contribution in [2.24, 2.45) is 0 Å². The zero-order valence-corrected chi connectivity index (χ0v) is 17.6. The van der Waals surface area contributed by atoms with Crippen molar-refractivity contribution >= 4 is 16.9 Å². The highest BCUT2D eigenvalue weighted by atomic mass is 16.5. The minimum atomic E-state index is -0.338. The molecule has 2 heterocycles. The van der Waals surface area contributed by atoms with E-state index in [1.165, 1.54) is 23.6 Å². The highest BCUT2D eigenvalue weighted by Gasteiger charge is 2.16. The molecule has 2 aromatic carbocycles. The van der Waals surface area contributed by atoms with Crippen LogP contribution < -0.4 is 0 Å². The van der Waals surface area contributed by atoms with Crippen molar-refractivity contribution in [2.75, 3.05) is 7.11 Å². The number of benzene rings is 2. The van der Waals surface area contributed by atoms with Gasteiger partial charge in [-0.2, -0.15) is 0 Å². The predicted molar refractivity (Wildman–Crippen MR) is 120 cm³/mol. The molecule has 4 aromatic rings. The van der Waals surface area contributed by atoms with Gasteiger partial charge >= 0.3 is 5.97 Å². The van der Waals surface area contributed by atoms with Crippen LogP contribution in [0.2, 0.25) is 0 Å². The van der Waals surface area contributed by atoms with Crippen molar-refractivity contribution in [2.45, 2.75) is 32.7 Å². The maximum Gasteiger partial charge on any atom is 0.339 e. The molecule has 30 heavy (non-hydrogen) atoms. The number of aromatic nitrogens is 2. The third-order valence-electron chi connectivity index (χ3n) is 5.47. The number of fused-ring (bicyclic) bond motifs is 1. The Kier molecular flexibility index (Phi) is 5.66. The van der Waals surface area contributed by atoms with Gasteiger partial charge in [-0.25, -0.2) is 4.79 Å². The predicted octanol–water partition coefficient (Wildman–Crippen LogP) is 5.59. The van der Waals surface area contributed by atoms with Crippen molar-refractivity contribution in [3.63, 3.8) is 0 Å². The number of esters is 1. The molecule has 2 aromatic heterocycles. The van der Waals surface area contributed by atoms with Crippen LogP contribution >= 0.6 is 0 Å². The third kappa shape index (κ3) is 4.13. The van der Waals surface area contributed by atoms with Crippen LogP contribution in [0.3, 0.4) is 0 Å². The summed E-state index contributed by atoms with van der Waals surface area (Å²) in [4.78, 5) is 16.9. The first kappa shape index (κ1) is 19.9. The van der Waals surface area contributed by atoms with Crippen LogP contribution in [-0.4, -0.2) is 22.6 Å². The molecule has 0 N–H and O–H groups in total. The van der Waals surface area contributed by atoms with E-state index in [0.29, 0.717) is 17.9 Å². The Labute approximate surface area is 177 Å². The largest absolute Gasteiger partial charge is 0.465 e. The van der Waals surface area contributed by atoms with Crippen molar-refractivity contribution in [3.8, 4) is 0 Å². The Bertz CT molecular complexity index is 1180. The summed E-state index contributed by atoms with van der Waals surface area (Å²) >= 11 is 0. The van der Waals surface area contributed by atoms with E-state index in [4.69, 9.17) is 4.74 Å². The number of carbonyl (C=O) groups excluding carboxylic acids is 1. The molecule has 152 valence electrons. The summed E-state index contributed by atoms with van der Waals surface area (Å²) in [6, 6.07) is 20.9. The van der Waals surface area contributed by atoms with Gasteiger partial charge in [-0.1, -0.05) is 50.2 Å². The van der Waals surface area contributed by atoms with Gasteiger partial charge in [0.15, 0.2) is 0 Å². The normalized spacial score (nSPS) is 11.2. The minimum absolute atomic E-state index is 0.302. The number of methoxy groups -OCH3 is 1. The summed E-state index contributed by atoms with van der Waals surface area (Å²) in [5.74, 6) is -0.0363. The van der Waals surface area contributed by atoms with E-state index in [1.54, 1.807) is 0 Å². The van der Waals surface area contributed by atoms with Gasteiger partial charge < -0.3 is 9.30 Å². The molecule has 0 atom stereocenters. The van der Waals surface area contributed by atoms with E-state index in [-0.39, 0.29) is 5.97 Å². The highest BCUT2D eigenvalue weighted by Crippen LogP contribution is 2.23. The Balaban J connectivity index is 1.62. The quantitative estimate of drug-likeness (QED) is 0.398. The lowest BCUT2D eigenvalue weighted by Crippen LogP contribution is -2.10. The van der Waals surface area contributed by atoms with E-state index in [9.17, 15) is 4.79 Å². The Morgan fingerprint density at radius 1 is 1.03 bits per heavy atom. The highest BCUT2D eigenvalue weighted by molar-refractivity contribution is 5.91. The molecule has 4 heteroatoms. The minimum Gasteiger partial charge on any atom is -0.465 e.